The molecule has 0 unspecified atom stereocenters. The highest BCUT2D eigenvalue weighted by atomic mass is 32.2. The first-order valence-corrected chi connectivity index (χ1v) is 9.58. The molecule has 0 saturated carbocycles. The molecule has 7 nitrogen and oxygen atoms in total. The van der Waals surface area contributed by atoms with Crippen LogP contribution in [0.1, 0.15) is 10.4 Å². The predicted molar refractivity (Wildman–Crippen MR) is 103 cm³/mol. The molecular weight excluding hydrogens is 364 g/mol. The minimum Gasteiger partial charge on any atom is -0.322 e. The molecule has 0 aliphatic rings. The van der Waals surface area contributed by atoms with Crippen molar-refractivity contribution in [2.75, 3.05) is 11.9 Å². The highest BCUT2D eigenvalue weighted by molar-refractivity contribution is 7.89. The quantitative estimate of drug-likeness (QED) is 0.614. The topological polar surface area (TPSA) is 93.1 Å². The van der Waals surface area contributed by atoms with Crippen LogP contribution in [0.4, 0.5) is 5.69 Å². The molecule has 0 atom stereocenters. The smallest absolute Gasteiger partial charge is 0.255 e. The number of benzene rings is 2. The van der Waals surface area contributed by atoms with Crippen molar-refractivity contribution in [2.45, 2.75) is 4.90 Å². The SMILES string of the molecule is C=CCNS(=O)(=O)c1ccc(C(=O)Nc2ccc(-n3ccnc3)cc2)cc1. The van der Waals surface area contributed by atoms with Crippen LogP contribution in [0.15, 0.2) is 84.8 Å². The molecule has 2 N–H and O–H groups in total. The maximum Gasteiger partial charge on any atom is 0.255 e. The first-order valence-electron chi connectivity index (χ1n) is 8.10. The van der Waals surface area contributed by atoms with Gasteiger partial charge < -0.3 is 9.88 Å². The van der Waals surface area contributed by atoms with Gasteiger partial charge in [0.15, 0.2) is 0 Å². The van der Waals surface area contributed by atoms with Gasteiger partial charge in [0.25, 0.3) is 5.91 Å². The fourth-order valence-electron chi connectivity index (χ4n) is 2.37. The number of hydrogen-bond donors (Lipinski definition) is 2. The molecule has 3 aromatic rings. The summed E-state index contributed by atoms with van der Waals surface area (Å²) in [5, 5.41) is 2.78. The van der Waals surface area contributed by atoms with E-state index in [1.807, 2.05) is 22.9 Å². The largest absolute Gasteiger partial charge is 0.322 e. The molecule has 138 valence electrons. The molecule has 0 bridgehead atoms. The monoisotopic (exact) mass is 382 g/mol. The van der Waals surface area contributed by atoms with Gasteiger partial charge in [0.1, 0.15) is 0 Å². The average molecular weight is 382 g/mol. The highest BCUT2D eigenvalue weighted by Crippen LogP contribution is 2.15. The predicted octanol–water partition coefficient (Wildman–Crippen LogP) is 2.59. The molecular formula is C19H18N4O3S. The van der Waals surface area contributed by atoms with Crippen molar-refractivity contribution in [3.63, 3.8) is 0 Å². The maximum atomic E-state index is 12.4. The molecule has 0 aliphatic heterocycles. The minimum absolute atomic E-state index is 0.0885. The molecule has 1 amide bonds. The van der Waals surface area contributed by atoms with Crippen LogP contribution < -0.4 is 10.0 Å². The number of amides is 1. The van der Waals surface area contributed by atoms with Crippen LogP contribution in [0, 0.1) is 0 Å². The summed E-state index contributed by atoms with van der Waals surface area (Å²) < 4.78 is 28.3. The van der Waals surface area contributed by atoms with Crippen LogP contribution in [0.25, 0.3) is 5.69 Å². The van der Waals surface area contributed by atoms with Gasteiger partial charge in [-0.1, -0.05) is 6.08 Å². The molecule has 0 spiro atoms. The van der Waals surface area contributed by atoms with Crippen molar-refractivity contribution in [3.05, 3.63) is 85.5 Å². The van der Waals surface area contributed by atoms with E-state index >= 15 is 0 Å². The fraction of sp³-hybridized carbons (Fsp3) is 0.0526. The maximum absolute atomic E-state index is 12.4. The molecule has 27 heavy (non-hydrogen) atoms. The van der Waals surface area contributed by atoms with Crippen molar-refractivity contribution in [3.8, 4) is 5.69 Å². The second kappa shape index (κ2) is 7.98. The lowest BCUT2D eigenvalue weighted by Gasteiger charge is -2.08. The van der Waals surface area contributed by atoms with Gasteiger partial charge in [-0.15, -0.1) is 6.58 Å². The Kier molecular flexibility index (Phi) is 5.49. The van der Waals surface area contributed by atoms with E-state index < -0.39 is 10.0 Å². The first kappa shape index (κ1) is 18.6. The second-order valence-corrected chi connectivity index (χ2v) is 7.40. The molecule has 0 saturated heterocycles. The minimum atomic E-state index is -3.61. The third-order valence-corrected chi connectivity index (χ3v) is 5.21. The summed E-state index contributed by atoms with van der Waals surface area (Å²) in [6, 6.07) is 13.0. The molecule has 0 radical (unpaired) electrons. The van der Waals surface area contributed by atoms with Gasteiger partial charge >= 0.3 is 0 Å². The van der Waals surface area contributed by atoms with Gasteiger partial charge in [0, 0.05) is 35.9 Å². The van der Waals surface area contributed by atoms with Gasteiger partial charge in [0.2, 0.25) is 10.0 Å². The molecule has 1 aromatic heterocycles. The third-order valence-electron chi connectivity index (χ3n) is 3.77. The van der Waals surface area contributed by atoms with Crippen LogP contribution in [0.2, 0.25) is 0 Å². The normalized spacial score (nSPS) is 11.1. The molecule has 0 fully saturated rings. The lowest BCUT2D eigenvalue weighted by Crippen LogP contribution is -2.23. The Hall–Kier alpha value is -3.23. The molecule has 0 aliphatic carbocycles. The number of sulfonamides is 1. The zero-order valence-corrected chi connectivity index (χ0v) is 15.2. The molecule has 2 aromatic carbocycles. The van der Waals surface area contributed by atoms with Gasteiger partial charge in [-0.05, 0) is 48.5 Å². The van der Waals surface area contributed by atoms with Crippen LogP contribution in [-0.2, 0) is 10.0 Å². The van der Waals surface area contributed by atoms with Crippen LogP contribution >= 0.6 is 0 Å². The number of anilines is 1. The third kappa shape index (κ3) is 4.49. The lowest BCUT2D eigenvalue weighted by molar-refractivity contribution is 0.102. The van der Waals surface area contributed by atoms with E-state index in [-0.39, 0.29) is 17.3 Å². The number of aromatic nitrogens is 2. The standard InChI is InChI=1S/C19H18N4O3S/c1-2-11-21-27(25,26)18-9-3-15(4-10-18)19(24)22-16-5-7-17(8-6-16)23-13-12-20-14-23/h2-10,12-14,21H,1,11H2,(H,22,24). The van der Waals surface area contributed by atoms with Gasteiger partial charge in [0.05, 0.1) is 11.2 Å². The second-order valence-electron chi connectivity index (χ2n) is 5.64. The molecule has 3 rings (SSSR count). The zero-order valence-electron chi connectivity index (χ0n) is 14.4. The number of nitrogens with zero attached hydrogens (tertiary/aromatic N) is 2. The first-order chi connectivity index (χ1) is 13.0. The van der Waals surface area contributed by atoms with Gasteiger partial charge in [-0.25, -0.2) is 18.1 Å². The summed E-state index contributed by atoms with van der Waals surface area (Å²) in [5.74, 6) is -0.326. The zero-order chi connectivity index (χ0) is 19.3. The molecule has 8 heteroatoms. The fourth-order valence-corrected chi connectivity index (χ4v) is 3.37. The summed E-state index contributed by atoms with van der Waals surface area (Å²) in [5.41, 5.74) is 1.91. The van der Waals surface area contributed by atoms with Crippen molar-refractivity contribution < 1.29 is 13.2 Å². The van der Waals surface area contributed by atoms with Crippen molar-refractivity contribution >= 4 is 21.6 Å². The van der Waals surface area contributed by atoms with Gasteiger partial charge in [-0.2, -0.15) is 0 Å². The van der Waals surface area contributed by atoms with Crippen LogP contribution in [0.3, 0.4) is 0 Å². The highest BCUT2D eigenvalue weighted by Gasteiger charge is 2.14. The van der Waals surface area contributed by atoms with Crippen molar-refractivity contribution in [1.29, 1.82) is 0 Å². The Bertz CT molecular complexity index is 1030. The van der Waals surface area contributed by atoms with Gasteiger partial charge in [-0.3, -0.25) is 4.79 Å². The van der Waals surface area contributed by atoms with E-state index in [0.29, 0.717) is 11.3 Å². The van der Waals surface area contributed by atoms with E-state index in [0.717, 1.165) is 5.69 Å². The number of hydrogen-bond acceptors (Lipinski definition) is 4. The number of nitrogens with one attached hydrogen (secondary N) is 2. The Balaban J connectivity index is 1.68. The van der Waals surface area contributed by atoms with Crippen LogP contribution in [0.5, 0.6) is 0 Å². The number of imidazole rings is 1. The Morgan fingerprint density at radius 3 is 2.41 bits per heavy atom. The van der Waals surface area contributed by atoms with Crippen molar-refractivity contribution in [2.24, 2.45) is 0 Å². The summed E-state index contributed by atoms with van der Waals surface area (Å²) >= 11 is 0. The lowest BCUT2D eigenvalue weighted by atomic mass is 10.2. The summed E-state index contributed by atoms with van der Waals surface area (Å²) in [6.45, 7) is 3.61. The number of carbonyl (C=O) groups excluding carboxylic acids is 1. The van der Waals surface area contributed by atoms with E-state index in [2.05, 4.69) is 21.6 Å². The molecule has 1 heterocycles. The van der Waals surface area contributed by atoms with E-state index in [9.17, 15) is 13.2 Å². The van der Waals surface area contributed by atoms with Crippen molar-refractivity contribution in [1.82, 2.24) is 14.3 Å². The van der Waals surface area contributed by atoms with E-state index in [1.54, 1.807) is 24.7 Å². The summed E-state index contributed by atoms with van der Waals surface area (Å²) in [6.07, 6.45) is 6.66. The Morgan fingerprint density at radius 1 is 1.11 bits per heavy atom. The average Bonchev–Trinajstić information content (AvgIpc) is 3.22. The number of carbonyl (C=O) groups is 1. The summed E-state index contributed by atoms with van der Waals surface area (Å²) in [4.78, 5) is 16.4. The Labute approximate surface area is 157 Å². The van der Waals surface area contributed by atoms with E-state index in [1.165, 1.54) is 30.3 Å². The van der Waals surface area contributed by atoms with E-state index in [4.69, 9.17) is 0 Å². The Morgan fingerprint density at radius 2 is 1.81 bits per heavy atom. The van der Waals surface area contributed by atoms with Crippen LogP contribution in [-0.4, -0.2) is 30.4 Å². The number of rotatable bonds is 7. The summed E-state index contributed by atoms with van der Waals surface area (Å²) in [7, 11) is -3.61.